The summed E-state index contributed by atoms with van der Waals surface area (Å²) < 4.78 is 6.16. The summed E-state index contributed by atoms with van der Waals surface area (Å²) in [5.41, 5.74) is 5.16. The quantitative estimate of drug-likeness (QED) is 0.431. The third-order valence-corrected chi connectivity index (χ3v) is 4.44. The van der Waals surface area contributed by atoms with Gasteiger partial charge in [0.1, 0.15) is 10.7 Å². The largest absolute Gasteiger partial charge is 0.433 e. The number of nitro groups is 1. The Hall–Kier alpha value is -4.15. The first kappa shape index (κ1) is 21.6. The minimum Gasteiger partial charge on any atom is -0.395 e. The lowest BCUT2D eigenvalue weighted by Crippen LogP contribution is -2.42. The zero-order valence-electron chi connectivity index (χ0n) is 16.9. The van der Waals surface area contributed by atoms with E-state index >= 15 is 0 Å². The molecule has 3 rings (SSSR count). The third kappa shape index (κ3) is 4.55. The monoisotopic (exact) mass is 427 g/mol. The second kappa shape index (κ2) is 8.69. The molecule has 11 heteroatoms. The van der Waals surface area contributed by atoms with Crippen LogP contribution in [0.15, 0.2) is 56.5 Å². The van der Waals surface area contributed by atoms with E-state index in [0.29, 0.717) is 0 Å². The van der Waals surface area contributed by atoms with Gasteiger partial charge < -0.3 is 10.2 Å². The van der Waals surface area contributed by atoms with Crippen molar-refractivity contribution in [2.75, 3.05) is 17.2 Å². The highest BCUT2D eigenvalue weighted by Crippen LogP contribution is 2.24. The number of amides is 1. The number of nitrogen functional groups attached to an aromatic ring is 1. The van der Waals surface area contributed by atoms with Gasteiger partial charge in [-0.3, -0.25) is 34.2 Å². The Morgan fingerprint density at radius 3 is 2.48 bits per heavy atom. The molecule has 0 spiro atoms. The molecule has 0 saturated heterocycles. The van der Waals surface area contributed by atoms with E-state index in [-0.39, 0.29) is 36.3 Å². The molecule has 0 atom stereocenters. The fraction of sp³-hybridized carbons (Fsp3) is 0.250. The maximum absolute atomic E-state index is 13.1. The van der Waals surface area contributed by atoms with Gasteiger partial charge in [-0.1, -0.05) is 44.2 Å². The van der Waals surface area contributed by atoms with Crippen LogP contribution in [-0.4, -0.2) is 26.9 Å². The number of aromatic nitrogens is 2. The van der Waals surface area contributed by atoms with Gasteiger partial charge >= 0.3 is 11.6 Å². The van der Waals surface area contributed by atoms with Crippen LogP contribution in [0.4, 0.5) is 17.4 Å². The molecule has 0 aliphatic rings. The molecule has 0 fully saturated rings. The Bertz CT molecular complexity index is 1220. The molecule has 0 aliphatic heterocycles. The number of furan rings is 1. The Morgan fingerprint density at radius 2 is 1.90 bits per heavy atom. The number of nitrogens with two attached hydrogens (primary N) is 1. The molecule has 0 bridgehead atoms. The van der Waals surface area contributed by atoms with Gasteiger partial charge in [0.2, 0.25) is 0 Å². The molecule has 0 aliphatic carbocycles. The number of carbonyl (C=O) groups excluding carboxylic acids is 1. The van der Waals surface area contributed by atoms with E-state index in [0.717, 1.165) is 27.2 Å². The first-order chi connectivity index (χ1) is 14.7. The first-order valence-electron chi connectivity index (χ1n) is 9.41. The van der Waals surface area contributed by atoms with Crippen LogP contribution >= 0.6 is 0 Å². The molecule has 3 N–H and O–H groups in total. The SMILES string of the molecule is CC(C)CN(C(=O)c1ccc([N+](=O)[O-])o1)c1c(N)n(Cc2ccccc2)c(=O)[nH]c1=O. The molecule has 3 aromatic rings. The molecule has 0 radical (unpaired) electrons. The lowest BCUT2D eigenvalue weighted by Gasteiger charge is -2.25. The van der Waals surface area contributed by atoms with Crippen LogP contribution in [0.3, 0.4) is 0 Å². The minimum atomic E-state index is -0.845. The van der Waals surface area contributed by atoms with Crippen molar-refractivity contribution in [1.82, 2.24) is 9.55 Å². The van der Waals surface area contributed by atoms with Gasteiger partial charge in [-0.25, -0.2) is 4.79 Å². The lowest BCUT2D eigenvalue weighted by molar-refractivity contribution is -0.402. The summed E-state index contributed by atoms with van der Waals surface area (Å²) in [7, 11) is 0. The van der Waals surface area contributed by atoms with Crippen LogP contribution in [0.5, 0.6) is 0 Å². The normalized spacial score (nSPS) is 10.9. The molecule has 2 heterocycles. The molecule has 31 heavy (non-hydrogen) atoms. The van der Waals surface area contributed by atoms with Crippen LogP contribution in [0, 0.1) is 16.0 Å². The van der Waals surface area contributed by atoms with Crippen LogP contribution in [0.1, 0.15) is 30.0 Å². The summed E-state index contributed by atoms with van der Waals surface area (Å²) in [5, 5.41) is 10.9. The molecular formula is C20H21N5O6. The zero-order chi connectivity index (χ0) is 22.7. The summed E-state index contributed by atoms with van der Waals surface area (Å²) in [6.07, 6.45) is 0. The van der Waals surface area contributed by atoms with E-state index < -0.39 is 28.0 Å². The predicted molar refractivity (Wildman–Crippen MR) is 113 cm³/mol. The van der Waals surface area contributed by atoms with E-state index in [4.69, 9.17) is 10.2 Å². The predicted octanol–water partition coefficient (Wildman–Crippen LogP) is 1.97. The van der Waals surface area contributed by atoms with Crippen molar-refractivity contribution in [3.63, 3.8) is 0 Å². The number of aromatic amines is 1. The maximum atomic E-state index is 13.1. The van der Waals surface area contributed by atoms with Crippen molar-refractivity contribution in [2.45, 2.75) is 20.4 Å². The maximum Gasteiger partial charge on any atom is 0.433 e. The average molecular weight is 427 g/mol. The van der Waals surface area contributed by atoms with Crippen molar-refractivity contribution in [3.05, 3.63) is 84.7 Å². The highest BCUT2D eigenvalue weighted by Gasteiger charge is 2.29. The first-order valence-corrected chi connectivity index (χ1v) is 9.41. The van der Waals surface area contributed by atoms with Crippen molar-refractivity contribution < 1.29 is 14.1 Å². The summed E-state index contributed by atoms with van der Waals surface area (Å²) >= 11 is 0. The fourth-order valence-electron chi connectivity index (χ4n) is 3.08. The van der Waals surface area contributed by atoms with Gasteiger partial charge in [0.25, 0.3) is 11.5 Å². The molecular weight excluding hydrogens is 406 g/mol. The van der Waals surface area contributed by atoms with Gasteiger partial charge in [0.05, 0.1) is 12.6 Å². The zero-order valence-corrected chi connectivity index (χ0v) is 16.9. The number of hydrogen-bond donors (Lipinski definition) is 2. The number of carbonyl (C=O) groups is 1. The summed E-state index contributed by atoms with van der Waals surface area (Å²) in [4.78, 5) is 51.5. The summed E-state index contributed by atoms with van der Waals surface area (Å²) in [6.45, 7) is 3.76. The van der Waals surface area contributed by atoms with Gasteiger partial charge in [0, 0.05) is 6.54 Å². The van der Waals surface area contributed by atoms with E-state index in [9.17, 15) is 24.5 Å². The number of H-pyrrole nitrogens is 1. The molecule has 2 aromatic heterocycles. The number of hydrogen-bond acceptors (Lipinski definition) is 7. The van der Waals surface area contributed by atoms with Crippen LogP contribution in [0.25, 0.3) is 0 Å². The Labute approximate surface area is 175 Å². The topological polar surface area (TPSA) is 157 Å². The standard InChI is InChI=1S/C20H21N5O6/c1-12(2)10-23(19(27)14-8-9-15(31-14)25(29)30)16-17(21)24(20(28)22-18(16)26)11-13-6-4-3-5-7-13/h3-9,12H,10-11,21H2,1-2H3,(H,22,26,28). The number of anilines is 2. The van der Waals surface area contributed by atoms with E-state index in [1.807, 2.05) is 19.9 Å². The minimum absolute atomic E-state index is 0.0597. The fourth-order valence-corrected chi connectivity index (χ4v) is 3.08. The van der Waals surface area contributed by atoms with E-state index in [2.05, 4.69) is 4.98 Å². The van der Waals surface area contributed by atoms with Gasteiger partial charge in [-0.15, -0.1) is 0 Å². The molecule has 0 unspecified atom stereocenters. The van der Waals surface area contributed by atoms with Gasteiger partial charge in [0.15, 0.2) is 11.4 Å². The molecule has 162 valence electrons. The summed E-state index contributed by atoms with van der Waals surface area (Å²) in [6, 6.07) is 11.2. The van der Waals surface area contributed by atoms with E-state index in [1.54, 1.807) is 24.3 Å². The van der Waals surface area contributed by atoms with Crippen LogP contribution < -0.4 is 21.9 Å². The summed E-state index contributed by atoms with van der Waals surface area (Å²) in [5.74, 6) is -2.02. The van der Waals surface area contributed by atoms with E-state index in [1.165, 1.54) is 0 Å². The average Bonchev–Trinajstić information content (AvgIpc) is 3.21. The Kier molecular flexibility index (Phi) is 6.05. The molecule has 0 saturated carbocycles. The molecule has 11 nitrogen and oxygen atoms in total. The second-order valence-electron chi connectivity index (χ2n) is 7.27. The second-order valence-corrected chi connectivity index (χ2v) is 7.27. The Morgan fingerprint density at radius 1 is 1.23 bits per heavy atom. The number of nitrogens with one attached hydrogen (secondary N) is 1. The van der Waals surface area contributed by atoms with Gasteiger partial charge in [-0.05, 0) is 17.5 Å². The molecule has 1 aromatic carbocycles. The van der Waals surface area contributed by atoms with Gasteiger partial charge in [-0.2, -0.15) is 0 Å². The molecule has 1 amide bonds. The van der Waals surface area contributed by atoms with Crippen LogP contribution in [-0.2, 0) is 6.54 Å². The third-order valence-electron chi connectivity index (χ3n) is 4.44. The lowest BCUT2D eigenvalue weighted by atomic mass is 10.2. The smallest absolute Gasteiger partial charge is 0.395 e. The highest BCUT2D eigenvalue weighted by atomic mass is 16.6. The van der Waals surface area contributed by atoms with Crippen LogP contribution in [0.2, 0.25) is 0 Å². The van der Waals surface area contributed by atoms with Crippen molar-refractivity contribution in [1.29, 1.82) is 0 Å². The van der Waals surface area contributed by atoms with Crippen molar-refractivity contribution >= 4 is 23.3 Å². The Balaban J connectivity index is 2.11. The van der Waals surface area contributed by atoms with Crippen molar-refractivity contribution in [2.24, 2.45) is 5.92 Å². The number of benzene rings is 1. The number of nitrogens with zero attached hydrogens (tertiary/aromatic N) is 3. The number of rotatable bonds is 7. The highest BCUT2D eigenvalue weighted by molar-refractivity contribution is 6.05. The van der Waals surface area contributed by atoms with Crippen molar-refractivity contribution in [3.8, 4) is 0 Å².